The van der Waals surface area contributed by atoms with Crippen molar-refractivity contribution in [1.82, 2.24) is 10.6 Å². The fourth-order valence-electron chi connectivity index (χ4n) is 2.81. The SMILES string of the molecule is CC1CCCCC1(CN)NC(=O)C1CSC(=O)N1. The van der Waals surface area contributed by atoms with Crippen molar-refractivity contribution in [2.45, 2.75) is 44.2 Å². The van der Waals surface area contributed by atoms with E-state index in [1.165, 1.54) is 6.42 Å². The van der Waals surface area contributed by atoms with Crippen LogP contribution in [0.25, 0.3) is 0 Å². The highest BCUT2D eigenvalue weighted by Gasteiger charge is 2.40. The molecular weight excluding hydrogens is 250 g/mol. The van der Waals surface area contributed by atoms with Crippen LogP contribution in [-0.4, -0.2) is 35.0 Å². The summed E-state index contributed by atoms with van der Waals surface area (Å²) in [5.74, 6) is 0.817. The number of carbonyl (C=O) groups excluding carboxylic acids is 2. The molecule has 102 valence electrons. The Balaban J connectivity index is 2.01. The predicted octanol–water partition coefficient (Wildman–Crippen LogP) is 0.835. The highest BCUT2D eigenvalue weighted by molar-refractivity contribution is 8.14. The van der Waals surface area contributed by atoms with E-state index >= 15 is 0 Å². The van der Waals surface area contributed by atoms with E-state index in [-0.39, 0.29) is 16.7 Å². The number of thioether (sulfide) groups is 1. The van der Waals surface area contributed by atoms with Crippen molar-refractivity contribution in [3.8, 4) is 0 Å². The number of amides is 2. The highest BCUT2D eigenvalue weighted by Crippen LogP contribution is 2.33. The van der Waals surface area contributed by atoms with Crippen molar-refractivity contribution in [3.63, 3.8) is 0 Å². The Bertz CT molecular complexity index is 350. The lowest BCUT2D eigenvalue weighted by atomic mass is 9.73. The quantitative estimate of drug-likeness (QED) is 0.710. The minimum absolute atomic E-state index is 0.0902. The predicted molar refractivity (Wildman–Crippen MR) is 72.3 cm³/mol. The lowest BCUT2D eigenvalue weighted by Gasteiger charge is -2.43. The highest BCUT2D eigenvalue weighted by atomic mass is 32.2. The molecule has 1 saturated carbocycles. The maximum atomic E-state index is 12.2. The van der Waals surface area contributed by atoms with Crippen molar-refractivity contribution in [2.24, 2.45) is 11.7 Å². The summed E-state index contributed by atoms with van der Waals surface area (Å²) in [6.07, 6.45) is 4.34. The Hall–Kier alpha value is -0.750. The summed E-state index contributed by atoms with van der Waals surface area (Å²) in [4.78, 5) is 23.3. The summed E-state index contributed by atoms with van der Waals surface area (Å²) in [6.45, 7) is 2.61. The summed E-state index contributed by atoms with van der Waals surface area (Å²) in [5.41, 5.74) is 5.61. The van der Waals surface area contributed by atoms with E-state index in [0.717, 1.165) is 31.0 Å². The molecule has 2 rings (SSSR count). The molecule has 0 aromatic heterocycles. The van der Waals surface area contributed by atoms with Gasteiger partial charge in [-0.15, -0.1) is 0 Å². The van der Waals surface area contributed by atoms with Crippen LogP contribution < -0.4 is 16.4 Å². The van der Waals surface area contributed by atoms with Gasteiger partial charge in [-0.25, -0.2) is 0 Å². The Morgan fingerprint density at radius 1 is 1.61 bits per heavy atom. The summed E-state index contributed by atoms with van der Waals surface area (Å²) in [6, 6.07) is -0.403. The van der Waals surface area contributed by atoms with E-state index < -0.39 is 6.04 Å². The van der Waals surface area contributed by atoms with Crippen molar-refractivity contribution in [3.05, 3.63) is 0 Å². The van der Waals surface area contributed by atoms with Crippen LogP contribution in [0, 0.1) is 5.92 Å². The summed E-state index contributed by atoms with van der Waals surface area (Å²) in [5, 5.41) is 5.66. The number of hydrogen-bond acceptors (Lipinski definition) is 4. The second kappa shape index (κ2) is 5.48. The standard InChI is InChI=1S/C12H21N3O2S/c1-8-4-2-3-5-12(8,7-13)15-10(16)9-6-18-11(17)14-9/h8-9H,2-7,13H2,1H3,(H,14,17)(H,15,16). The summed E-state index contributed by atoms with van der Waals surface area (Å²) >= 11 is 1.16. The third-order valence-electron chi connectivity index (χ3n) is 4.18. The Labute approximate surface area is 112 Å². The number of nitrogens with one attached hydrogen (secondary N) is 2. The van der Waals surface area contributed by atoms with E-state index in [4.69, 9.17) is 5.73 Å². The molecule has 3 unspecified atom stereocenters. The minimum Gasteiger partial charge on any atom is -0.347 e. The average molecular weight is 271 g/mol. The molecule has 18 heavy (non-hydrogen) atoms. The molecule has 3 atom stereocenters. The van der Waals surface area contributed by atoms with E-state index in [0.29, 0.717) is 18.2 Å². The van der Waals surface area contributed by atoms with E-state index in [2.05, 4.69) is 17.6 Å². The van der Waals surface area contributed by atoms with Gasteiger partial charge in [-0.2, -0.15) is 0 Å². The van der Waals surface area contributed by atoms with Crippen LogP contribution >= 0.6 is 11.8 Å². The average Bonchev–Trinajstić information content (AvgIpc) is 2.79. The van der Waals surface area contributed by atoms with Gasteiger partial charge in [0.25, 0.3) is 5.24 Å². The van der Waals surface area contributed by atoms with Crippen LogP contribution in [0.15, 0.2) is 0 Å². The number of rotatable bonds is 3. The molecule has 0 spiro atoms. The normalized spacial score (nSPS) is 36.2. The lowest BCUT2D eigenvalue weighted by molar-refractivity contribution is -0.125. The molecule has 1 aliphatic heterocycles. The number of nitrogens with two attached hydrogens (primary N) is 1. The molecule has 2 fully saturated rings. The second-order valence-electron chi connectivity index (χ2n) is 5.29. The van der Waals surface area contributed by atoms with Gasteiger partial charge in [-0.1, -0.05) is 31.5 Å². The van der Waals surface area contributed by atoms with E-state index in [1.54, 1.807) is 0 Å². The molecule has 1 saturated heterocycles. The van der Waals surface area contributed by atoms with Gasteiger partial charge in [0.05, 0.1) is 5.54 Å². The first-order chi connectivity index (χ1) is 8.57. The Kier molecular flexibility index (Phi) is 4.17. The minimum atomic E-state index is -0.403. The zero-order valence-corrected chi connectivity index (χ0v) is 11.5. The molecule has 0 bridgehead atoms. The van der Waals surface area contributed by atoms with E-state index in [9.17, 15) is 9.59 Å². The molecule has 5 nitrogen and oxygen atoms in total. The first-order valence-corrected chi connectivity index (χ1v) is 7.51. The van der Waals surface area contributed by atoms with Gasteiger partial charge in [0.2, 0.25) is 5.91 Å². The fourth-order valence-corrected chi connectivity index (χ4v) is 3.59. The Morgan fingerprint density at radius 2 is 2.39 bits per heavy atom. The topological polar surface area (TPSA) is 84.2 Å². The van der Waals surface area contributed by atoms with Crippen LogP contribution in [0.5, 0.6) is 0 Å². The largest absolute Gasteiger partial charge is 0.347 e. The van der Waals surface area contributed by atoms with Gasteiger partial charge < -0.3 is 16.4 Å². The monoisotopic (exact) mass is 271 g/mol. The molecule has 4 N–H and O–H groups in total. The molecule has 1 aliphatic carbocycles. The molecule has 2 aliphatic rings. The van der Waals surface area contributed by atoms with Gasteiger partial charge in [0, 0.05) is 12.3 Å². The van der Waals surface area contributed by atoms with Gasteiger partial charge >= 0.3 is 0 Å². The van der Waals surface area contributed by atoms with Crippen LogP contribution in [0.2, 0.25) is 0 Å². The van der Waals surface area contributed by atoms with E-state index in [1.807, 2.05) is 0 Å². The first kappa shape index (κ1) is 13.7. The van der Waals surface area contributed by atoms with Gasteiger partial charge in [-0.05, 0) is 18.8 Å². The maximum Gasteiger partial charge on any atom is 0.279 e. The van der Waals surface area contributed by atoms with Crippen LogP contribution in [0.1, 0.15) is 32.6 Å². The molecule has 2 amide bonds. The van der Waals surface area contributed by atoms with Gasteiger partial charge in [0.1, 0.15) is 6.04 Å². The fraction of sp³-hybridized carbons (Fsp3) is 0.833. The van der Waals surface area contributed by atoms with Crippen molar-refractivity contribution in [2.75, 3.05) is 12.3 Å². The Morgan fingerprint density at radius 3 is 2.94 bits per heavy atom. The van der Waals surface area contributed by atoms with Crippen LogP contribution in [0.3, 0.4) is 0 Å². The third-order valence-corrected chi connectivity index (χ3v) is 5.06. The van der Waals surface area contributed by atoms with Crippen molar-refractivity contribution >= 4 is 22.9 Å². The molecular formula is C12H21N3O2S. The molecule has 6 heteroatoms. The first-order valence-electron chi connectivity index (χ1n) is 6.53. The van der Waals surface area contributed by atoms with Crippen LogP contribution in [0.4, 0.5) is 4.79 Å². The third kappa shape index (κ3) is 2.64. The number of hydrogen-bond donors (Lipinski definition) is 3. The smallest absolute Gasteiger partial charge is 0.279 e. The maximum absolute atomic E-state index is 12.2. The van der Waals surface area contributed by atoms with Gasteiger partial charge in [-0.3, -0.25) is 9.59 Å². The molecule has 1 heterocycles. The lowest BCUT2D eigenvalue weighted by Crippen LogP contribution is -2.62. The molecule has 0 radical (unpaired) electrons. The summed E-state index contributed by atoms with van der Waals surface area (Å²) < 4.78 is 0. The van der Waals surface area contributed by atoms with Crippen molar-refractivity contribution in [1.29, 1.82) is 0 Å². The number of carbonyl (C=O) groups is 2. The second-order valence-corrected chi connectivity index (χ2v) is 6.28. The summed E-state index contributed by atoms with van der Waals surface area (Å²) in [7, 11) is 0. The molecule has 0 aromatic carbocycles. The van der Waals surface area contributed by atoms with Gasteiger partial charge in [0.15, 0.2) is 0 Å². The zero-order chi connectivity index (χ0) is 13.2. The van der Waals surface area contributed by atoms with Crippen LogP contribution in [-0.2, 0) is 4.79 Å². The molecule has 0 aromatic rings. The van der Waals surface area contributed by atoms with Crippen molar-refractivity contribution < 1.29 is 9.59 Å². The zero-order valence-electron chi connectivity index (χ0n) is 10.7.